The minimum Gasteiger partial charge on any atom is -0.368 e. The van der Waals surface area contributed by atoms with Gasteiger partial charge in [0.15, 0.2) is 0 Å². The van der Waals surface area contributed by atoms with E-state index in [1.807, 2.05) is 18.5 Å². The Bertz CT molecular complexity index is 243. The number of hydrogen-bond donors (Lipinski definition) is 0. The maximum absolute atomic E-state index is 5.15. The molecule has 2 nitrogen and oxygen atoms in total. The van der Waals surface area contributed by atoms with Crippen LogP contribution in [0.5, 0.6) is 0 Å². The molecule has 0 aliphatic carbocycles. The molecule has 2 rings (SSSR count). The van der Waals surface area contributed by atoms with E-state index in [2.05, 4.69) is 11.9 Å². The van der Waals surface area contributed by atoms with E-state index in [4.69, 9.17) is 4.74 Å². The molecule has 1 aromatic heterocycles. The molecule has 10 heavy (non-hydrogen) atoms. The van der Waals surface area contributed by atoms with Gasteiger partial charge >= 0.3 is 0 Å². The predicted molar refractivity (Wildman–Crippen MR) is 37.7 cm³/mol. The summed E-state index contributed by atoms with van der Waals surface area (Å²) in [4.78, 5) is 4.00. The molecular formula is C8H9NO. The number of epoxide rings is 1. The summed E-state index contributed by atoms with van der Waals surface area (Å²) < 4.78 is 5.15. The first-order valence-electron chi connectivity index (χ1n) is 3.40. The second-order valence-electron chi connectivity index (χ2n) is 2.55. The first-order valence-corrected chi connectivity index (χ1v) is 3.40. The smallest absolute Gasteiger partial charge is 0.106 e. The van der Waals surface area contributed by atoms with E-state index >= 15 is 0 Å². The molecule has 1 aromatic rings. The van der Waals surface area contributed by atoms with Gasteiger partial charge in [-0.3, -0.25) is 4.98 Å². The highest BCUT2D eigenvalue weighted by Crippen LogP contribution is 2.30. The van der Waals surface area contributed by atoms with Crippen LogP contribution in [0.2, 0.25) is 0 Å². The van der Waals surface area contributed by atoms with Gasteiger partial charge in [-0.1, -0.05) is 0 Å². The lowest BCUT2D eigenvalue weighted by Crippen LogP contribution is -1.86. The first-order chi connectivity index (χ1) is 4.88. The Morgan fingerprint density at radius 3 is 3.10 bits per heavy atom. The zero-order valence-electron chi connectivity index (χ0n) is 5.87. The molecule has 1 aliphatic rings. The number of rotatable bonds is 1. The highest BCUT2D eigenvalue weighted by molar-refractivity contribution is 5.26. The van der Waals surface area contributed by atoms with E-state index in [0.717, 1.165) is 6.61 Å². The lowest BCUT2D eigenvalue weighted by molar-refractivity contribution is 0.415. The second-order valence-corrected chi connectivity index (χ2v) is 2.55. The Morgan fingerprint density at radius 2 is 2.50 bits per heavy atom. The van der Waals surface area contributed by atoms with Crippen LogP contribution in [-0.2, 0) is 4.74 Å². The third-order valence-electron chi connectivity index (χ3n) is 1.74. The fourth-order valence-electron chi connectivity index (χ4n) is 1.07. The van der Waals surface area contributed by atoms with E-state index in [1.54, 1.807) is 0 Å². The summed E-state index contributed by atoms with van der Waals surface area (Å²) in [6, 6.07) is 2.02. The van der Waals surface area contributed by atoms with Crippen molar-refractivity contribution in [2.24, 2.45) is 0 Å². The van der Waals surface area contributed by atoms with Gasteiger partial charge in [0, 0.05) is 12.4 Å². The topological polar surface area (TPSA) is 25.4 Å². The lowest BCUT2D eigenvalue weighted by atomic mass is 10.1. The summed E-state index contributed by atoms with van der Waals surface area (Å²) in [7, 11) is 0. The number of hydrogen-bond acceptors (Lipinski definition) is 2. The Balaban J connectivity index is 2.39. The van der Waals surface area contributed by atoms with Crippen molar-refractivity contribution >= 4 is 0 Å². The van der Waals surface area contributed by atoms with Gasteiger partial charge in [-0.25, -0.2) is 0 Å². The molecule has 1 saturated heterocycles. The predicted octanol–water partition coefficient (Wildman–Crippen LogP) is 1.46. The molecule has 0 N–H and O–H groups in total. The molecule has 0 bridgehead atoms. The number of aryl methyl sites for hydroxylation is 1. The summed E-state index contributed by atoms with van der Waals surface area (Å²) in [6.07, 6.45) is 4.05. The van der Waals surface area contributed by atoms with Crippen molar-refractivity contribution in [3.8, 4) is 0 Å². The van der Waals surface area contributed by atoms with E-state index in [-0.39, 0.29) is 0 Å². The van der Waals surface area contributed by atoms with Crippen molar-refractivity contribution in [1.82, 2.24) is 4.98 Å². The van der Waals surface area contributed by atoms with E-state index in [1.165, 1.54) is 11.1 Å². The standard InChI is InChI=1S/C8H9NO/c1-6-4-9-3-2-7(6)8-5-10-8/h2-4,8H,5H2,1H3/t8-/m0/s1. The van der Waals surface area contributed by atoms with Gasteiger partial charge in [-0.05, 0) is 24.1 Å². The average Bonchev–Trinajstić information content (AvgIpc) is 2.71. The van der Waals surface area contributed by atoms with Crippen LogP contribution in [-0.4, -0.2) is 11.6 Å². The fourth-order valence-corrected chi connectivity index (χ4v) is 1.07. The molecule has 2 heterocycles. The molecule has 0 unspecified atom stereocenters. The highest BCUT2D eigenvalue weighted by atomic mass is 16.6. The van der Waals surface area contributed by atoms with Gasteiger partial charge in [0.2, 0.25) is 0 Å². The molecule has 2 heteroatoms. The van der Waals surface area contributed by atoms with Crippen LogP contribution in [0.4, 0.5) is 0 Å². The van der Waals surface area contributed by atoms with Crippen LogP contribution < -0.4 is 0 Å². The van der Waals surface area contributed by atoms with Gasteiger partial charge in [-0.2, -0.15) is 0 Å². The van der Waals surface area contributed by atoms with Crippen LogP contribution >= 0.6 is 0 Å². The van der Waals surface area contributed by atoms with E-state index in [0.29, 0.717) is 6.10 Å². The van der Waals surface area contributed by atoms with Gasteiger partial charge in [0.05, 0.1) is 6.61 Å². The Morgan fingerprint density at radius 1 is 1.70 bits per heavy atom. The molecule has 0 amide bonds. The maximum atomic E-state index is 5.15. The van der Waals surface area contributed by atoms with Crippen molar-refractivity contribution in [3.63, 3.8) is 0 Å². The fraction of sp³-hybridized carbons (Fsp3) is 0.375. The molecule has 1 aliphatic heterocycles. The van der Waals surface area contributed by atoms with Crippen molar-refractivity contribution in [2.75, 3.05) is 6.61 Å². The minimum atomic E-state index is 0.364. The number of nitrogens with zero attached hydrogens (tertiary/aromatic N) is 1. The monoisotopic (exact) mass is 135 g/mol. The molecule has 1 atom stereocenters. The number of aromatic nitrogens is 1. The normalized spacial score (nSPS) is 22.7. The maximum Gasteiger partial charge on any atom is 0.106 e. The van der Waals surface area contributed by atoms with Gasteiger partial charge in [0.25, 0.3) is 0 Å². The third kappa shape index (κ3) is 0.907. The van der Waals surface area contributed by atoms with Crippen LogP contribution in [0.3, 0.4) is 0 Å². The largest absolute Gasteiger partial charge is 0.368 e. The molecule has 0 radical (unpaired) electrons. The van der Waals surface area contributed by atoms with Gasteiger partial charge in [-0.15, -0.1) is 0 Å². The van der Waals surface area contributed by atoms with Crippen LogP contribution in [0.25, 0.3) is 0 Å². The third-order valence-corrected chi connectivity index (χ3v) is 1.74. The summed E-state index contributed by atoms with van der Waals surface area (Å²) in [5, 5.41) is 0. The molecule has 0 aromatic carbocycles. The zero-order chi connectivity index (χ0) is 6.97. The summed E-state index contributed by atoms with van der Waals surface area (Å²) in [5.74, 6) is 0. The zero-order valence-corrected chi connectivity index (χ0v) is 5.87. The van der Waals surface area contributed by atoms with Crippen LogP contribution in [0.1, 0.15) is 17.2 Å². The molecule has 52 valence electrons. The van der Waals surface area contributed by atoms with Crippen molar-refractivity contribution in [2.45, 2.75) is 13.0 Å². The SMILES string of the molecule is Cc1cnccc1[C@@H]1CO1. The molecule has 0 saturated carbocycles. The van der Waals surface area contributed by atoms with Crippen LogP contribution in [0.15, 0.2) is 18.5 Å². The van der Waals surface area contributed by atoms with E-state index < -0.39 is 0 Å². The quantitative estimate of drug-likeness (QED) is 0.545. The number of pyridine rings is 1. The highest BCUT2D eigenvalue weighted by Gasteiger charge is 2.25. The van der Waals surface area contributed by atoms with Crippen molar-refractivity contribution in [1.29, 1.82) is 0 Å². The molecule has 1 fully saturated rings. The average molecular weight is 135 g/mol. The Labute approximate surface area is 59.9 Å². The lowest BCUT2D eigenvalue weighted by Gasteiger charge is -1.97. The number of ether oxygens (including phenoxy) is 1. The Hall–Kier alpha value is -0.890. The van der Waals surface area contributed by atoms with Crippen molar-refractivity contribution in [3.05, 3.63) is 29.6 Å². The summed E-state index contributed by atoms with van der Waals surface area (Å²) in [5.41, 5.74) is 2.51. The van der Waals surface area contributed by atoms with Crippen molar-refractivity contribution < 1.29 is 4.74 Å². The van der Waals surface area contributed by atoms with Crippen LogP contribution in [0, 0.1) is 6.92 Å². The second kappa shape index (κ2) is 2.06. The summed E-state index contributed by atoms with van der Waals surface area (Å²) in [6.45, 7) is 2.94. The summed E-state index contributed by atoms with van der Waals surface area (Å²) >= 11 is 0. The molecular weight excluding hydrogens is 126 g/mol. The Kier molecular flexibility index (Phi) is 1.21. The minimum absolute atomic E-state index is 0.364. The van der Waals surface area contributed by atoms with E-state index in [9.17, 15) is 0 Å². The van der Waals surface area contributed by atoms with Gasteiger partial charge in [0.1, 0.15) is 6.10 Å². The first kappa shape index (κ1) is 5.86. The molecule has 0 spiro atoms. The van der Waals surface area contributed by atoms with Gasteiger partial charge < -0.3 is 4.74 Å².